The van der Waals surface area contributed by atoms with Crippen LogP contribution >= 0.6 is 0 Å². The molecule has 0 spiro atoms. The molecule has 5 nitrogen and oxygen atoms in total. The number of nitrogens with zero attached hydrogens (tertiary/aromatic N) is 4. The molecule has 0 saturated carbocycles. The fourth-order valence-electron chi connectivity index (χ4n) is 1.77. The number of nitrogen functional groups attached to an aromatic ring is 1. The van der Waals surface area contributed by atoms with Gasteiger partial charge in [-0.1, -0.05) is 0 Å². The number of nitrogens with two attached hydrogens (primary N) is 1. The SMILES string of the molecule is Cc1nc(N)nc(CN2CCCC2)n1. The van der Waals surface area contributed by atoms with Crippen LogP contribution in [-0.4, -0.2) is 32.9 Å². The second-order valence-corrected chi connectivity index (χ2v) is 3.64. The quantitative estimate of drug-likeness (QED) is 0.734. The monoisotopic (exact) mass is 193 g/mol. The third-order valence-corrected chi connectivity index (χ3v) is 2.37. The lowest BCUT2D eigenvalue weighted by molar-refractivity contribution is 0.322. The molecule has 1 aromatic heterocycles. The fourth-order valence-corrected chi connectivity index (χ4v) is 1.77. The number of rotatable bonds is 2. The van der Waals surface area contributed by atoms with Gasteiger partial charge in [0.15, 0.2) is 0 Å². The van der Waals surface area contributed by atoms with E-state index in [1.807, 2.05) is 6.92 Å². The summed E-state index contributed by atoms with van der Waals surface area (Å²) in [7, 11) is 0. The van der Waals surface area contributed by atoms with Crippen molar-refractivity contribution in [3.63, 3.8) is 0 Å². The second kappa shape index (κ2) is 3.88. The maximum atomic E-state index is 5.55. The van der Waals surface area contributed by atoms with E-state index in [0.717, 1.165) is 25.5 Å². The first-order valence-corrected chi connectivity index (χ1v) is 4.93. The average molecular weight is 193 g/mol. The van der Waals surface area contributed by atoms with E-state index in [4.69, 9.17) is 5.73 Å². The summed E-state index contributed by atoms with van der Waals surface area (Å²) in [4.78, 5) is 14.7. The molecule has 2 rings (SSSR count). The Balaban J connectivity index is 2.07. The van der Waals surface area contributed by atoms with Crippen LogP contribution in [-0.2, 0) is 6.54 Å². The highest BCUT2D eigenvalue weighted by molar-refractivity contribution is 5.15. The Hall–Kier alpha value is -1.23. The Morgan fingerprint density at radius 1 is 1.21 bits per heavy atom. The molecule has 0 aliphatic carbocycles. The summed E-state index contributed by atoms with van der Waals surface area (Å²) < 4.78 is 0. The maximum Gasteiger partial charge on any atom is 0.223 e. The van der Waals surface area contributed by atoms with Crippen molar-refractivity contribution >= 4 is 5.95 Å². The van der Waals surface area contributed by atoms with Crippen LogP contribution in [0.5, 0.6) is 0 Å². The van der Waals surface area contributed by atoms with E-state index in [0.29, 0.717) is 11.8 Å². The van der Waals surface area contributed by atoms with E-state index < -0.39 is 0 Å². The van der Waals surface area contributed by atoms with E-state index in [1.54, 1.807) is 0 Å². The van der Waals surface area contributed by atoms with Crippen molar-refractivity contribution in [2.75, 3.05) is 18.8 Å². The largest absolute Gasteiger partial charge is 0.368 e. The van der Waals surface area contributed by atoms with Crippen LogP contribution in [0.15, 0.2) is 0 Å². The Bertz CT molecular complexity index is 299. The number of hydrogen-bond acceptors (Lipinski definition) is 5. The molecule has 2 N–H and O–H groups in total. The molecule has 14 heavy (non-hydrogen) atoms. The highest BCUT2D eigenvalue weighted by atomic mass is 15.2. The van der Waals surface area contributed by atoms with Crippen molar-refractivity contribution in [3.05, 3.63) is 11.6 Å². The molecule has 0 aromatic carbocycles. The van der Waals surface area contributed by atoms with Gasteiger partial charge in [0.25, 0.3) is 0 Å². The van der Waals surface area contributed by atoms with Crippen molar-refractivity contribution in [1.29, 1.82) is 0 Å². The van der Waals surface area contributed by atoms with Crippen LogP contribution in [0.1, 0.15) is 24.5 Å². The van der Waals surface area contributed by atoms with Crippen LogP contribution in [0.4, 0.5) is 5.95 Å². The van der Waals surface area contributed by atoms with Gasteiger partial charge in [-0.25, -0.2) is 4.98 Å². The molecule has 1 fully saturated rings. The topological polar surface area (TPSA) is 67.9 Å². The van der Waals surface area contributed by atoms with Crippen molar-refractivity contribution in [1.82, 2.24) is 19.9 Å². The molecule has 0 radical (unpaired) electrons. The minimum atomic E-state index is 0.326. The third kappa shape index (κ3) is 2.17. The second-order valence-electron chi connectivity index (χ2n) is 3.64. The van der Waals surface area contributed by atoms with Crippen molar-refractivity contribution in [2.24, 2.45) is 0 Å². The number of aryl methyl sites for hydroxylation is 1. The first-order valence-electron chi connectivity index (χ1n) is 4.93. The average Bonchev–Trinajstić information content (AvgIpc) is 2.54. The first kappa shape index (κ1) is 9.33. The highest BCUT2D eigenvalue weighted by Crippen LogP contribution is 2.10. The fraction of sp³-hybridized carbons (Fsp3) is 0.667. The molecule has 76 valence electrons. The molecular formula is C9H15N5. The summed E-state index contributed by atoms with van der Waals surface area (Å²) in [6.07, 6.45) is 2.55. The lowest BCUT2D eigenvalue weighted by atomic mass is 10.4. The van der Waals surface area contributed by atoms with Crippen LogP contribution < -0.4 is 5.73 Å². The zero-order valence-corrected chi connectivity index (χ0v) is 8.40. The Kier molecular flexibility index (Phi) is 2.58. The number of likely N-dealkylation sites (tertiary alicyclic amines) is 1. The normalized spacial score (nSPS) is 17.5. The zero-order chi connectivity index (χ0) is 9.97. The molecule has 0 bridgehead atoms. The van der Waals surface area contributed by atoms with Crippen LogP contribution in [0.3, 0.4) is 0 Å². The summed E-state index contributed by atoms with van der Waals surface area (Å²) in [6, 6.07) is 0. The summed E-state index contributed by atoms with van der Waals surface area (Å²) >= 11 is 0. The minimum Gasteiger partial charge on any atom is -0.368 e. The van der Waals surface area contributed by atoms with Crippen molar-refractivity contribution < 1.29 is 0 Å². The summed E-state index contributed by atoms with van der Waals surface area (Å²) in [5.41, 5.74) is 5.55. The maximum absolute atomic E-state index is 5.55. The molecule has 5 heteroatoms. The smallest absolute Gasteiger partial charge is 0.223 e. The molecule has 1 aliphatic rings. The van der Waals surface area contributed by atoms with Gasteiger partial charge < -0.3 is 5.73 Å². The van der Waals surface area contributed by atoms with Gasteiger partial charge >= 0.3 is 0 Å². The van der Waals surface area contributed by atoms with Crippen LogP contribution in [0.2, 0.25) is 0 Å². The lowest BCUT2D eigenvalue weighted by Gasteiger charge is -2.13. The minimum absolute atomic E-state index is 0.326. The molecule has 0 amide bonds. The summed E-state index contributed by atoms with van der Waals surface area (Å²) in [5.74, 6) is 1.82. The van der Waals surface area contributed by atoms with Gasteiger partial charge in [0.1, 0.15) is 11.6 Å². The Morgan fingerprint density at radius 3 is 2.57 bits per heavy atom. The van der Waals surface area contributed by atoms with Crippen molar-refractivity contribution in [3.8, 4) is 0 Å². The number of hydrogen-bond donors (Lipinski definition) is 1. The molecule has 1 aromatic rings. The standard InChI is InChI=1S/C9H15N5/c1-7-11-8(13-9(10)12-7)6-14-4-2-3-5-14/h2-6H2,1H3,(H2,10,11,12,13). The third-order valence-electron chi connectivity index (χ3n) is 2.37. The Morgan fingerprint density at radius 2 is 1.93 bits per heavy atom. The van der Waals surface area contributed by atoms with Gasteiger partial charge in [0, 0.05) is 0 Å². The van der Waals surface area contributed by atoms with Gasteiger partial charge in [0.2, 0.25) is 5.95 Å². The van der Waals surface area contributed by atoms with E-state index in [1.165, 1.54) is 12.8 Å². The lowest BCUT2D eigenvalue weighted by Crippen LogP contribution is -2.21. The van der Waals surface area contributed by atoms with E-state index in [-0.39, 0.29) is 0 Å². The number of aromatic nitrogens is 3. The van der Waals surface area contributed by atoms with Gasteiger partial charge in [-0.2, -0.15) is 9.97 Å². The molecule has 0 atom stereocenters. The zero-order valence-electron chi connectivity index (χ0n) is 8.40. The Labute approximate surface area is 83.4 Å². The summed E-state index contributed by atoms with van der Waals surface area (Å²) in [6.45, 7) is 4.92. The van der Waals surface area contributed by atoms with E-state index in [2.05, 4.69) is 19.9 Å². The number of anilines is 1. The van der Waals surface area contributed by atoms with Crippen molar-refractivity contribution in [2.45, 2.75) is 26.3 Å². The molecule has 1 saturated heterocycles. The predicted molar refractivity (Wildman–Crippen MR) is 53.5 cm³/mol. The van der Waals surface area contributed by atoms with Gasteiger partial charge in [-0.15, -0.1) is 0 Å². The van der Waals surface area contributed by atoms with E-state index >= 15 is 0 Å². The van der Waals surface area contributed by atoms with Crippen LogP contribution in [0, 0.1) is 6.92 Å². The van der Waals surface area contributed by atoms with Crippen LogP contribution in [0.25, 0.3) is 0 Å². The van der Waals surface area contributed by atoms with Gasteiger partial charge in [-0.05, 0) is 32.9 Å². The molecule has 0 unspecified atom stereocenters. The van der Waals surface area contributed by atoms with E-state index in [9.17, 15) is 0 Å². The molecule has 2 heterocycles. The summed E-state index contributed by atoms with van der Waals surface area (Å²) in [5, 5.41) is 0. The molecular weight excluding hydrogens is 178 g/mol. The predicted octanol–water partition coefficient (Wildman–Crippen LogP) is 0.358. The van der Waals surface area contributed by atoms with Gasteiger partial charge in [-0.3, -0.25) is 4.90 Å². The highest BCUT2D eigenvalue weighted by Gasteiger charge is 2.13. The molecule has 1 aliphatic heterocycles. The van der Waals surface area contributed by atoms with Gasteiger partial charge in [0.05, 0.1) is 6.54 Å². The first-order chi connectivity index (χ1) is 6.74.